The van der Waals surface area contributed by atoms with E-state index in [1.54, 1.807) is 0 Å². The molecule has 1 fully saturated rings. The van der Waals surface area contributed by atoms with Crippen LogP contribution in [0.3, 0.4) is 0 Å². The van der Waals surface area contributed by atoms with Crippen LogP contribution in [0.1, 0.15) is 174 Å². The van der Waals surface area contributed by atoms with Crippen molar-refractivity contribution in [3.8, 4) is 11.1 Å². The number of hydrogen-bond acceptors (Lipinski definition) is 2. The summed E-state index contributed by atoms with van der Waals surface area (Å²) >= 11 is 0. The lowest BCUT2D eigenvalue weighted by Crippen LogP contribution is -2.61. The van der Waals surface area contributed by atoms with Crippen LogP contribution in [-0.2, 0) is 5.41 Å². The number of fused-ring (bicyclic) bond motifs is 14. The number of carbonyl (C=O) groups excluding carboxylic acids is 2. The van der Waals surface area contributed by atoms with E-state index in [1.807, 2.05) is 0 Å². The molecule has 0 aliphatic heterocycles. The van der Waals surface area contributed by atoms with Gasteiger partial charge in [0.25, 0.3) is 0 Å². The Morgan fingerprint density at radius 3 is 1.63 bits per heavy atom. The van der Waals surface area contributed by atoms with Crippen molar-refractivity contribution in [2.45, 2.75) is 108 Å². The first-order valence-electron chi connectivity index (χ1n) is 22.4. The van der Waals surface area contributed by atoms with Crippen LogP contribution in [0, 0.1) is 5.92 Å². The van der Waals surface area contributed by atoms with Gasteiger partial charge in [0.2, 0.25) is 0 Å². The fourth-order valence-electron chi connectivity index (χ4n) is 13.4. The molecule has 2 aromatic heterocycles. The number of nitrogens with zero attached hydrogens (tertiary/aromatic N) is 1. The second-order valence-electron chi connectivity index (χ2n) is 19.9. The molecule has 8 aromatic rings. The molecule has 3 unspecified atom stereocenters. The molecule has 0 N–H and O–H groups in total. The summed E-state index contributed by atoms with van der Waals surface area (Å²) in [4.78, 5) is 29.4. The summed E-state index contributed by atoms with van der Waals surface area (Å²) < 4.78 is 2.44. The monoisotopic (exact) mass is 767 g/mol. The molecule has 2 bridgehead atoms. The highest BCUT2D eigenvalue weighted by Gasteiger charge is 2.69. The van der Waals surface area contributed by atoms with Gasteiger partial charge in [-0.25, -0.2) is 0 Å². The Morgan fingerprint density at radius 2 is 1.05 bits per heavy atom. The van der Waals surface area contributed by atoms with Gasteiger partial charge in [-0.2, -0.15) is 0 Å². The van der Waals surface area contributed by atoms with Gasteiger partial charge in [-0.05, 0) is 147 Å². The Balaban J connectivity index is 1.17. The molecule has 0 radical (unpaired) electrons. The minimum absolute atomic E-state index is 0.125. The van der Waals surface area contributed by atoms with E-state index in [4.69, 9.17) is 0 Å². The smallest absolute Gasteiger partial charge is 0.171 e. The Bertz CT molecular complexity index is 3190. The summed E-state index contributed by atoms with van der Waals surface area (Å²) in [6.07, 6.45) is 4.17. The van der Waals surface area contributed by atoms with E-state index in [-0.39, 0.29) is 29.0 Å². The molecular formula is C56H49NO2. The van der Waals surface area contributed by atoms with E-state index in [0.717, 1.165) is 47.8 Å². The minimum atomic E-state index is -0.308. The second-order valence-corrected chi connectivity index (χ2v) is 19.9. The van der Waals surface area contributed by atoms with Gasteiger partial charge in [-0.15, -0.1) is 0 Å². The summed E-state index contributed by atoms with van der Waals surface area (Å²) in [7, 11) is 0. The van der Waals surface area contributed by atoms with E-state index >= 15 is 4.79 Å². The van der Waals surface area contributed by atoms with Crippen LogP contribution in [0.2, 0.25) is 0 Å². The maximum Gasteiger partial charge on any atom is 0.171 e. The third-order valence-corrected chi connectivity index (χ3v) is 16.1. The van der Waals surface area contributed by atoms with Gasteiger partial charge in [0.05, 0.1) is 22.5 Å². The van der Waals surface area contributed by atoms with E-state index < -0.39 is 0 Å². The van der Waals surface area contributed by atoms with Crippen molar-refractivity contribution < 1.29 is 9.59 Å². The van der Waals surface area contributed by atoms with Gasteiger partial charge < -0.3 is 4.40 Å². The third kappa shape index (κ3) is 4.01. The molecule has 6 aromatic carbocycles. The molecule has 290 valence electrons. The number of ketones is 2. The van der Waals surface area contributed by atoms with Gasteiger partial charge in [0.15, 0.2) is 11.6 Å². The normalized spacial score (nSPS) is 23.7. The number of carbonyl (C=O) groups is 2. The van der Waals surface area contributed by atoms with Crippen molar-refractivity contribution in [1.82, 2.24) is 4.40 Å². The maximum absolute atomic E-state index is 15.2. The number of benzene rings is 6. The summed E-state index contributed by atoms with van der Waals surface area (Å²) in [5.41, 5.74) is 19.3. The van der Waals surface area contributed by atoms with Gasteiger partial charge in [-0.1, -0.05) is 102 Å². The molecule has 1 saturated carbocycles. The van der Waals surface area contributed by atoms with Crippen LogP contribution in [0.15, 0.2) is 97.1 Å². The van der Waals surface area contributed by atoms with Crippen LogP contribution >= 0.6 is 0 Å². The fourth-order valence-corrected chi connectivity index (χ4v) is 13.4. The molecule has 3 heteroatoms. The van der Waals surface area contributed by atoms with Crippen molar-refractivity contribution in [1.29, 1.82) is 0 Å². The zero-order chi connectivity index (χ0) is 40.0. The quantitative estimate of drug-likeness (QED) is 0.179. The van der Waals surface area contributed by atoms with Crippen LogP contribution < -0.4 is 0 Å². The first kappa shape index (κ1) is 34.3. The van der Waals surface area contributed by atoms with E-state index in [9.17, 15) is 4.79 Å². The Labute approximate surface area is 345 Å². The highest BCUT2D eigenvalue weighted by atomic mass is 16.1. The van der Waals surface area contributed by atoms with Crippen molar-refractivity contribution in [2.24, 2.45) is 5.92 Å². The average molecular weight is 768 g/mol. The molecule has 3 nitrogen and oxygen atoms in total. The Morgan fingerprint density at radius 1 is 0.525 bits per heavy atom. The average Bonchev–Trinajstić information content (AvgIpc) is 3.64. The van der Waals surface area contributed by atoms with Gasteiger partial charge in [0, 0.05) is 49.9 Å². The lowest BCUT2D eigenvalue weighted by molar-refractivity contribution is 0.0846. The van der Waals surface area contributed by atoms with Gasteiger partial charge in [0.1, 0.15) is 0 Å². The van der Waals surface area contributed by atoms with Crippen molar-refractivity contribution in [2.75, 3.05) is 0 Å². The van der Waals surface area contributed by atoms with Gasteiger partial charge >= 0.3 is 0 Å². The molecule has 2 heterocycles. The predicted molar refractivity (Wildman–Crippen MR) is 240 cm³/mol. The van der Waals surface area contributed by atoms with Crippen LogP contribution in [0.4, 0.5) is 0 Å². The topological polar surface area (TPSA) is 38.5 Å². The van der Waals surface area contributed by atoms with Gasteiger partial charge in [-0.3, -0.25) is 9.59 Å². The zero-order valence-corrected chi connectivity index (χ0v) is 34.9. The Kier molecular flexibility index (Phi) is 6.63. The number of Topliss-reactive ketones (excluding diaryl/α,β-unsaturated/α-hetero) is 2. The van der Waals surface area contributed by atoms with E-state index in [1.165, 1.54) is 88.3 Å². The largest absolute Gasteiger partial charge is 0.308 e. The fraction of sp³-hybridized carbons (Fsp3) is 0.321. The second kappa shape index (κ2) is 11.4. The van der Waals surface area contributed by atoms with Crippen LogP contribution in [-0.4, -0.2) is 16.0 Å². The molecule has 0 saturated heterocycles. The Hall–Kier alpha value is -5.54. The van der Waals surface area contributed by atoms with Crippen LogP contribution in [0.5, 0.6) is 0 Å². The molecule has 1 spiro atoms. The highest BCUT2D eigenvalue weighted by Crippen LogP contribution is 2.74. The maximum atomic E-state index is 15.2. The lowest BCUT2D eigenvalue weighted by Gasteiger charge is -2.64. The SMILES string of the molecule is CC(C)c1cc(C(C)C)c(-c2cc3c4cc5c(cc4n4c6cc7c(cc6c(c2)c34)C2c3ccccc3C23c2ccccc2C3C7=O)C(=O)C2CCC5CC2)c(C(C)C)c1. The summed E-state index contributed by atoms with van der Waals surface area (Å²) in [5.74, 6) is 2.21. The van der Waals surface area contributed by atoms with Crippen molar-refractivity contribution in [3.63, 3.8) is 0 Å². The molecule has 6 aliphatic rings. The summed E-state index contributed by atoms with van der Waals surface area (Å²) in [6, 6.07) is 36.8. The first-order valence-corrected chi connectivity index (χ1v) is 22.4. The lowest BCUT2D eigenvalue weighted by atomic mass is 9.36. The number of rotatable bonds is 4. The predicted octanol–water partition coefficient (Wildman–Crippen LogP) is 14.1. The molecule has 6 aliphatic carbocycles. The third-order valence-electron chi connectivity index (χ3n) is 16.1. The van der Waals surface area contributed by atoms with Crippen molar-refractivity contribution >= 4 is 49.7 Å². The van der Waals surface area contributed by atoms with Crippen molar-refractivity contribution in [3.05, 3.63) is 158 Å². The molecule has 0 amide bonds. The minimum Gasteiger partial charge on any atom is -0.308 e. The summed E-state index contributed by atoms with van der Waals surface area (Å²) in [6.45, 7) is 14.0. The first-order chi connectivity index (χ1) is 28.6. The van der Waals surface area contributed by atoms with Crippen LogP contribution in [0.25, 0.3) is 49.2 Å². The number of hydrogen-bond donors (Lipinski definition) is 0. The molecular weight excluding hydrogens is 719 g/mol. The molecule has 3 atom stereocenters. The zero-order valence-electron chi connectivity index (χ0n) is 34.9. The standard InChI is InChI=1S/C56H49NO2/c1-27(2)32-19-36(28(3)4)50(37(20-32)29(5)6)33-21-42-39-23-38-30-15-17-31(18-16-30)54(58)44(38)25-48(39)57-49-26-45-41(24-40(49)43(22-33)53(42)57)51-34-11-7-9-13-46(34)56(51)47-14-10-8-12-35(47)52(56)55(45)59/h7-14,19-31,51-52H,15-18H2,1-6H3. The van der Waals surface area contributed by atoms with E-state index in [2.05, 4.69) is 143 Å². The van der Waals surface area contributed by atoms with E-state index in [0.29, 0.717) is 29.5 Å². The highest BCUT2D eigenvalue weighted by molar-refractivity contribution is 6.26. The number of aromatic nitrogens is 1. The molecule has 14 rings (SSSR count). The molecule has 59 heavy (non-hydrogen) atoms. The summed E-state index contributed by atoms with van der Waals surface area (Å²) in [5, 5.41) is 4.91.